The summed E-state index contributed by atoms with van der Waals surface area (Å²) in [5.41, 5.74) is 1.16. The Bertz CT molecular complexity index is 328. The van der Waals surface area contributed by atoms with Crippen molar-refractivity contribution in [2.24, 2.45) is 5.92 Å². The molecule has 0 spiro atoms. The molecule has 1 N–H and O–H groups in total. The van der Waals surface area contributed by atoms with Crippen LogP contribution in [0.25, 0.3) is 0 Å². The maximum absolute atomic E-state index is 4.59. The first-order valence-corrected chi connectivity index (χ1v) is 6.48. The molecule has 0 saturated heterocycles. The van der Waals surface area contributed by atoms with E-state index in [0.717, 1.165) is 24.6 Å². The zero-order valence-electron chi connectivity index (χ0n) is 10.6. The summed E-state index contributed by atoms with van der Waals surface area (Å²) in [6, 6.07) is 3.28. The first kappa shape index (κ1) is 11.6. The van der Waals surface area contributed by atoms with Gasteiger partial charge in [0.25, 0.3) is 0 Å². The summed E-state index contributed by atoms with van der Waals surface area (Å²) in [5.74, 6) is 0.914. The molecule has 1 fully saturated rings. The van der Waals surface area contributed by atoms with Crippen LogP contribution in [0.1, 0.15) is 51.8 Å². The van der Waals surface area contributed by atoms with Gasteiger partial charge in [-0.15, -0.1) is 0 Å². The Labute approximate surface area is 98.2 Å². The maximum atomic E-state index is 4.59. The lowest BCUT2D eigenvalue weighted by molar-refractivity contribution is 0.459. The zero-order valence-corrected chi connectivity index (χ0v) is 10.6. The van der Waals surface area contributed by atoms with Crippen LogP contribution >= 0.6 is 0 Å². The summed E-state index contributed by atoms with van der Waals surface area (Å²) >= 11 is 0. The van der Waals surface area contributed by atoms with Gasteiger partial charge in [0.2, 0.25) is 0 Å². The number of nitrogens with zero attached hydrogens (tertiary/aromatic N) is 2. The van der Waals surface area contributed by atoms with E-state index in [9.17, 15) is 0 Å². The van der Waals surface area contributed by atoms with Crippen molar-refractivity contribution in [3.8, 4) is 0 Å². The molecule has 1 saturated carbocycles. The molecule has 1 aliphatic rings. The van der Waals surface area contributed by atoms with Crippen molar-refractivity contribution in [2.75, 3.05) is 0 Å². The summed E-state index contributed by atoms with van der Waals surface area (Å²) in [6.45, 7) is 7.58. The van der Waals surface area contributed by atoms with Gasteiger partial charge in [0.1, 0.15) is 0 Å². The summed E-state index contributed by atoms with van der Waals surface area (Å²) < 4.78 is 2.07. The summed E-state index contributed by atoms with van der Waals surface area (Å²) in [4.78, 5) is 0. The molecule has 0 aromatic carbocycles. The van der Waals surface area contributed by atoms with E-state index in [-0.39, 0.29) is 0 Å². The van der Waals surface area contributed by atoms with Crippen LogP contribution < -0.4 is 5.32 Å². The second kappa shape index (κ2) is 5.00. The standard InChI is InChI=1S/C13H23N3/c1-4-10(2)16-8-7-13(15-16)9-14-11(3)12-5-6-12/h7-8,10-12,14H,4-6,9H2,1-3H3. The van der Waals surface area contributed by atoms with E-state index in [1.807, 2.05) is 0 Å². The van der Waals surface area contributed by atoms with Gasteiger partial charge in [-0.25, -0.2) is 0 Å². The van der Waals surface area contributed by atoms with Gasteiger partial charge in [0, 0.05) is 24.8 Å². The number of aromatic nitrogens is 2. The van der Waals surface area contributed by atoms with Crippen LogP contribution in [0.2, 0.25) is 0 Å². The highest BCUT2D eigenvalue weighted by Gasteiger charge is 2.27. The zero-order chi connectivity index (χ0) is 11.5. The van der Waals surface area contributed by atoms with Crippen molar-refractivity contribution in [1.82, 2.24) is 15.1 Å². The number of rotatable bonds is 6. The summed E-state index contributed by atoms with van der Waals surface area (Å²) in [6.07, 6.45) is 6.02. The Morgan fingerprint density at radius 1 is 1.50 bits per heavy atom. The average Bonchev–Trinajstić information content (AvgIpc) is 3.04. The number of hydrogen-bond acceptors (Lipinski definition) is 2. The topological polar surface area (TPSA) is 29.9 Å². The van der Waals surface area contributed by atoms with Crippen molar-refractivity contribution >= 4 is 0 Å². The van der Waals surface area contributed by atoms with Crippen LogP contribution in [0, 0.1) is 5.92 Å². The fourth-order valence-electron chi connectivity index (χ4n) is 1.93. The van der Waals surface area contributed by atoms with Gasteiger partial charge in [-0.05, 0) is 45.1 Å². The van der Waals surface area contributed by atoms with Gasteiger partial charge in [0.15, 0.2) is 0 Å². The summed E-state index contributed by atoms with van der Waals surface area (Å²) in [7, 11) is 0. The van der Waals surface area contributed by atoms with Crippen molar-refractivity contribution in [3.05, 3.63) is 18.0 Å². The average molecular weight is 221 g/mol. The molecule has 2 atom stereocenters. The van der Waals surface area contributed by atoms with Crippen molar-refractivity contribution < 1.29 is 0 Å². The van der Waals surface area contributed by atoms with Crippen LogP contribution in [0.15, 0.2) is 12.3 Å². The maximum Gasteiger partial charge on any atom is 0.0762 e. The Hall–Kier alpha value is -0.830. The van der Waals surface area contributed by atoms with Crippen LogP contribution in [0.5, 0.6) is 0 Å². The van der Waals surface area contributed by atoms with Gasteiger partial charge in [-0.2, -0.15) is 5.10 Å². The lowest BCUT2D eigenvalue weighted by Crippen LogP contribution is -2.27. The molecule has 1 aliphatic carbocycles. The Morgan fingerprint density at radius 3 is 2.88 bits per heavy atom. The van der Waals surface area contributed by atoms with Crippen LogP contribution in [0.4, 0.5) is 0 Å². The molecule has 0 amide bonds. The third kappa shape index (κ3) is 2.85. The van der Waals surface area contributed by atoms with E-state index in [4.69, 9.17) is 0 Å². The van der Waals surface area contributed by atoms with Crippen molar-refractivity contribution in [1.29, 1.82) is 0 Å². The van der Waals surface area contributed by atoms with Crippen LogP contribution in [-0.4, -0.2) is 15.8 Å². The normalized spacial score (nSPS) is 19.7. The number of hydrogen-bond donors (Lipinski definition) is 1. The highest BCUT2D eigenvalue weighted by molar-refractivity contribution is 5.00. The molecule has 1 aromatic rings. The number of nitrogens with one attached hydrogen (secondary N) is 1. The molecular formula is C13H23N3. The minimum atomic E-state index is 0.509. The third-order valence-electron chi connectivity index (χ3n) is 3.64. The largest absolute Gasteiger partial charge is 0.308 e. The molecule has 1 aromatic heterocycles. The second-order valence-electron chi connectivity index (χ2n) is 5.05. The molecule has 1 heterocycles. The lowest BCUT2D eigenvalue weighted by atomic mass is 10.2. The van der Waals surface area contributed by atoms with E-state index in [1.165, 1.54) is 12.8 Å². The molecular weight excluding hydrogens is 198 g/mol. The Morgan fingerprint density at radius 2 is 2.25 bits per heavy atom. The quantitative estimate of drug-likeness (QED) is 0.800. The van der Waals surface area contributed by atoms with Gasteiger partial charge in [0.05, 0.1) is 5.69 Å². The van der Waals surface area contributed by atoms with Crippen molar-refractivity contribution in [3.63, 3.8) is 0 Å². The lowest BCUT2D eigenvalue weighted by Gasteiger charge is -2.11. The van der Waals surface area contributed by atoms with Gasteiger partial charge < -0.3 is 5.32 Å². The van der Waals surface area contributed by atoms with Gasteiger partial charge in [-0.3, -0.25) is 4.68 Å². The minimum Gasteiger partial charge on any atom is -0.308 e. The fourth-order valence-corrected chi connectivity index (χ4v) is 1.93. The Kier molecular flexibility index (Phi) is 3.64. The monoisotopic (exact) mass is 221 g/mol. The van der Waals surface area contributed by atoms with Gasteiger partial charge in [-0.1, -0.05) is 6.92 Å². The van der Waals surface area contributed by atoms with E-state index in [2.05, 4.69) is 48.1 Å². The predicted molar refractivity (Wildman–Crippen MR) is 66.3 cm³/mol. The molecule has 2 unspecified atom stereocenters. The fraction of sp³-hybridized carbons (Fsp3) is 0.769. The first-order valence-electron chi connectivity index (χ1n) is 6.48. The van der Waals surface area contributed by atoms with E-state index in [0.29, 0.717) is 12.1 Å². The van der Waals surface area contributed by atoms with Crippen LogP contribution in [0.3, 0.4) is 0 Å². The molecule has 0 aliphatic heterocycles. The van der Waals surface area contributed by atoms with E-state index >= 15 is 0 Å². The molecule has 16 heavy (non-hydrogen) atoms. The highest BCUT2D eigenvalue weighted by Crippen LogP contribution is 2.32. The minimum absolute atomic E-state index is 0.509. The van der Waals surface area contributed by atoms with Crippen LogP contribution in [-0.2, 0) is 6.54 Å². The Balaban J connectivity index is 1.82. The molecule has 3 heteroatoms. The summed E-state index contributed by atoms with van der Waals surface area (Å²) in [5, 5.41) is 8.14. The third-order valence-corrected chi connectivity index (χ3v) is 3.64. The highest BCUT2D eigenvalue weighted by atomic mass is 15.3. The van der Waals surface area contributed by atoms with E-state index in [1.54, 1.807) is 0 Å². The molecule has 2 rings (SSSR count). The SMILES string of the molecule is CCC(C)n1ccc(CNC(C)C2CC2)n1. The smallest absolute Gasteiger partial charge is 0.0762 e. The molecule has 3 nitrogen and oxygen atoms in total. The molecule has 90 valence electrons. The van der Waals surface area contributed by atoms with Gasteiger partial charge >= 0.3 is 0 Å². The molecule has 0 bridgehead atoms. The first-order chi connectivity index (χ1) is 7.70. The van der Waals surface area contributed by atoms with E-state index < -0.39 is 0 Å². The second-order valence-corrected chi connectivity index (χ2v) is 5.05. The molecule has 0 radical (unpaired) electrons. The predicted octanol–water partition coefficient (Wildman–Crippen LogP) is 2.74. The van der Waals surface area contributed by atoms with Crippen molar-refractivity contribution in [2.45, 2.75) is 58.7 Å².